The Bertz CT molecular complexity index is 151. The minimum Gasteiger partial charge on any atom is -0.385 e. The second kappa shape index (κ2) is 8.97. The Balaban J connectivity index is 3.34. The van der Waals surface area contributed by atoms with E-state index in [0.29, 0.717) is 18.9 Å². The topological polar surface area (TPSA) is 50.4 Å². The van der Waals surface area contributed by atoms with Gasteiger partial charge in [0.2, 0.25) is 5.91 Å². The summed E-state index contributed by atoms with van der Waals surface area (Å²) in [5, 5.41) is 5.96. The van der Waals surface area contributed by atoms with Gasteiger partial charge in [-0.15, -0.1) is 0 Å². The van der Waals surface area contributed by atoms with Gasteiger partial charge in [-0.1, -0.05) is 6.92 Å². The first-order valence-electron chi connectivity index (χ1n) is 5.11. The van der Waals surface area contributed by atoms with Crippen molar-refractivity contribution in [2.24, 2.45) is 5.92 Å². The number of carbonyl (C=O) groups is 1. The van der Waals surface area contributed by atoms with Gasteiger partial charge in [-0.3, -0.25) is 4.79 Å². The quantitative estimate of drug-likeness (QED) is 0.560. The molecule has 2 N–H and O–H groups in total. The van der Waals surface area contributed by atoms with E-state index in [4.69, 9.17) is 4.74 Å². The van der Waals surface area contributed by atoms with E-state index in [1.807, 2.05) is 7.05 Å². The van der Waals surface area contributed by atoms with Crippen LogP contribution in [0.4, 0.5) is 0 Å². The van der Waals surface area contributed by atoms with Gasteiger partial charge in [0.15, 0.2) is 0 Å². The zero-order valence-corrected chi connectivity index (χ0v) is 9.43. The molecule has 1 amide bonds. The minimum absolute atomic E-state index is 0.116. The number of carbonyl (C=O) groups excluding carboxylic acids is 1. The van der Waals surface area contributed by atoms with Crippen molar-refractivity contribution in [1.82, 2.24) is 10.6 Å². The van der Waals surface area contributed by atoms with Crippen LogP contribution in [0.3, 0.4) is 0 Å². The van der Waals surface area contributed by atoms with Gasteiger partial charge in [-0.2, -0.15) is 0 Å². The van der Waals surface area contributed by atoms with E-state index in [9.17, 15) is 4.79 Å². The van der Waals surface area contributed by atoms with Crippen LogP contribution in [0.15, 0.2) is 0 Å². The van der Waals surface area contributed by atoms with Crippen molar-refractivity contribution in [3.05, 3.63) is 0 Å². The van der Waals surface area contributed by atoms with Gasteiger partial charge < -0.3 is 15.4 Å². The smallest absolute Gasteiger partial charge is 0.220 e. The van der Waals surface area contributed by atoms with Gasteiger partial charge in [0, 0.05) is 26.7 Å². The van der Waals surface area contributed by atoms with E-state index in [1.165, 1.54) is 0 Å². The molecule has 0 saturated carbocycles. The molecule has 1 atom stereocenters. The normalized spacial score (nSPS) is 12.5. The Morgan fingerprint density at radius 1 is 1.43 bits per heavy atom. The molecule has 0 heterocycles. The highest BCUT2D eigenvalue weighted by molar-refractivity contribution is 5.75. The zero-order chi connectivity index (χ0) is 10.8. The van der Waals surface area contributed by atoms with Crippen LogP contribution in [0.2, 0.25) is 0 Å². The van der Waals surface area contributed by atoms with Gasteiger partial charge in [-0.05, 0) is 25.9 Å². The lowest BCUT2D eigenvalue weighted by Gasteiger charge is -2.11. The standard InChI is InChI=1S/C10H22N2O2/c1-9(7-11-2)8-12-10(13)5-4-6-14-3/h9,11H,4-8H2,1-3H3,(H,12,13). The van der Waals surface area contributed by atoms with Crippen LogP contribution >= 0.6 is 0 Å². The summed E-state index contributed by atoms with van der Waals surface area (Å²) in [6, 6.07) is 0. The molecule has 4 nitrogen and oxygen atoms in total. The maximum Gasteiger partial charge on any atom is 0.220 e. The van der Waals surface area contributed by atoms with E-state index in [2.05, 4.69) is 17.6 Å². The highest BCUT2D eigenvalue weighted by Gasteiger charge is 2.04. The van der Waals surface area contributed by atoms with Crippen LogP contribution < -0.4 is 10.6 Å². The first kappa shape index (κ1) is 13.4. The zero-order valence-electron chi connectivity index (χ0n) is 9.43. The minimum atomic E-state index is 0.116. The van der Waals surface area contributed by atoms with Crippen LogP contribution in [-0.2, 0) is 9.53 Å². The second-order valence-corrected chi connectivity index (χ2v) is 3.56. The van der Waals surface area contributed by atoms with Gasteiger partial charge in [0.05, 0.1) is 0 Å². The molecule has 0 radical (unpaired) electrons. The molecule has 0 aliphatic rings. The largest absolute Gasteiger partial charge is 0.385 e. The highest BCUT2D eigenvalue weighted by Crippen LogP contribution is 1.92. The van der Waals surface area contributed by atoms with Gasteiger partial charge in [0.1, 0.15) is 0 Å². The molecular weight excluding hydrogens is 180 g/mol. The maximum atomic E-state index is 11.2. The molecule has 1 unspecified atom stereocenters. The number of rotatable bonds is 8. The van der Waals surface area contributed by atoms with E-state index < -0.39 is 0 Å². The fraction of sp³-hybridized carbons (Fsp3) is 0.900. The van der Waals surface area contributed by atoms with Gasteiger partial charge in [-0.25, -0.2) is 0 Å². The third kappa shape index (κ3) is 8.01. The van der Waals surface area contributed by atoms with Crippen molar-refractivity contribution < 1.29 is 9.53 Å². The summed E-state index contributed by atoms with van der Waals surface area (Å²) in [5.41, 5.74) is 0. The second-order valence-electron chi connectivity index (χ2n) is 3.56. The molecule has 0 saturated heterocycles. The molecule has 4 heteroatoms. The van der Waals surface area contributed by atoms with Crippen molar-refractivity contribution >= 4 is 5.91 Å². The van der Waals surface area contributed by atoms with Crippen molar-refractivity contribution in [1.29, 1.82) is 0 Å². The Kier molecular flexibility index (Phi) is 8.57. The Morgan fingerprint density at radius 3 is 2.71 bits per heavy atom. The van der Waals surface area contributed by atoms with Crippen LogP contribution in [-0.4, -0.2) is 39.8 Å². The van der Waals surface area contributed by atoms with Crippen LogP contribution in [0.1, 0.15) is 19.8 Å². The summed E-state index contributed by atoms with van der Waals surface area (Å²) >= 11 is 0. The monoisotopic (exact) mass is 202 g/mol. The molecule has 0 aromatic heterocycles. The molecule has 0 fully saturated rings. The molecule has 0 rings (SSSR count). The van der Waals surface area contributed by atoms with Crippen LogP contribution in [0, 0.1) is 5.92 Å². The number of nitrogens with one attached hydrogen (secondary N) is 2. The van der Waals surface area contributed by atoms with E-state index >= 15 is 0 Å². The van der Waals surface area contributed by atoms with E-state index in [-0.39, 0.29) is 5.91 Å². The van der Waals surface area contributed by atoms with Crippen LogP contribution in [0.25, 0.3) is 0 Å². The summed E-state index contributed by atoms with van der Waals surface area (Å²) in [7, 11) is 3.56. The third-order valence-corrected chi connectivity index (χ3v) is 1.95. The summed E-state index contributed by atoms with van der Waals surface area (Å²) in [6.07, 6.45) is 1.35. The summed E-state index contributed by atoms with van der Waals surface area (Å²) < 4.78 is 4.87. The number of methoxy groups -OCH3 is 1. The molecule has 0 aromatic rings. The Hall–Kier alpha value is -0.610. The Labute approximate surface area is 86.4 Å². The predicted molar refractivity (Wildman–Crippen MR) is 57.2 cm³/mol. The lowest BCUT2D eigenvalue weighted by atomic mass is 10.2. The molecule has 0 bridgehead atoms. The fourth-order valence-corrected chi connectivity index (χ4v) is 1.17. The number of hydrogen-bond acceptors (Lipinski definition) is 3. The SMILES string of the molecule is CNCC(C)CNC(=O)CCCOC. The molecule has 0 aromatic carbocycles. The van der Waals surface area contributed by atoms with Crippen molar-refractivity contribution in [2.45, 2.75) is 19.8 Å². The first-order valence-corrected chi connectivity index (χ1v) is 5.11. The average molecular weight is 202 g/mol. The lowest BCUT2D eigenvalue weighted by molar-refractivity contribution is -0.121. The summed E-state index contributed by atoms with van der Waals surface area (Å²) in [4.78, 5) is 11.2. The molecule has 0 spiro atoms. The Morgan fingerprint density at radius 2 is 2.14 bits per heavy atom. The van der Waals surface area contributed by atoms with Crippen LogP contribution in [0.5, 0.6) is 0 Å². The lowest BCUT2D eigenvalue weighted by Crippen LogP contribution is -2.32. The number of hydrogen-bond donors (Lipinski definition) is 2. The van der Waals surface area contributed by atoms with E-state index in [0.717, 1.165) is 19.5 Å². The van der Waals surface area contributed by atoms with Crippen molar-refractivity contribution in [3.63, 3.8) is 0 Å². The van der Waals surface area contributed by atoms with Crippen molar-refractivity contribution in [2.75, 3.05) is 33.9 Å². The number of amides is 1. The van der Waals surface area contributed by atoms with Crippen molar-refractivity contribution in [3.8, 4) is 0 Å². The number of ether oxygens (including phenoxy) is 1. The molecule has 84 valence electrons. The molecule has 14 heavy (non-hydrogen) atoms. The molecule has 0 aliphatic heterocycles. The van der Waals surface area contributed by atoms with E-state index in [1.54, 1.807) is 7.11 Å². The predicted octanol–water partition coefficient (Wildman–Crippen LogP) is 0.385. The summed E-state index contributed by atoms with van der Waals surface area (Å²) in [5.74, 6) is 0.594. The van der Waals surface area contributed by atoms with Gasteiger partial charge >= 0.3 is 0 Å². The third-order valence-electron chi connectivity index (χ3n) is 1.95. The fourth-order valence-electron chi connectivity index (χ4n) is 1.17. The van der Waals surface area contributed by atoms with Gasteiger partial charge in [0.25, 0.3) is 0 Å². The molecule has 0 aliphatic carbocycles. The summed E-state index contributed by atoms with van der Waals surface area (Å²) in [6.45, 7) is 4.43. The average Bonchev–Trinajstić information content (AvgIpc) is 2.16. The highest BCUT2D eigenvalue weighted by atomic mass is 16.5. The first-order chi connectivity index (χ1) is 6.70. The molecular formula is C10H22N2O2. The maximum absolute atomic E-state index is 11.2.